The summed E-state index contributed by atoms with van der Waals surface area (Å²) in [5.74, 6) is 0.0567. The summed E-state index contributed by atoms with van der Waals surface area (Å²) in [5, 5.41) is 9.41. The fourth-order valence-electron chi connectivity index (χ4n) is 4.09. The number of carboxylic acid groups (broad SMARTS) is 1. The third kappa shape index (κ3) is 4.18. The summed E-state index contributed by atoms with van der Waals surface area (Å²) in [4.78, 5) is 28.1. The largest absolute Gasteiger partial charge is 0.494 e. The van der Waals surface area contributed by atoms with E-state index < -0.39 is 12.0 Å². The lowest BCUT2D eigenvalue weighted by Crippen LogP contribution is -2.49. The zero-order valence-corrected chi connectivity index (χ0v) is 15.4. The molecule has 0 radical (unpaired) electrons. The molecule has 2 atom stereocenters. The van der Waals surface area contributed by atoms with Crippen LogP contribution in [-0.4, -0.2) is 59.1 Å². The predicted octanol–water partition coefficient (Wildman–Crippen LogP) is 2.69. The molecular weight excluding hydrogens is 332 g/mol. The van der Waals surface area contributed by atoms with Crippen LogP contribution in [0.1, 0.15) is 50.6 Å². The van der Waals surface area contributed by atoms with Crippen molar-refractivity contribution in [3.05, 3.63) is 29.8 Å². The molecule has 1 aromatic rings. The summed E-state index contributed by atoms with van der Waals surface area (Å²) < 4.78 is 5.49. The van der Waals surface area contributed by atoms with Crippen molar-refractivity contribution in [1.82, 2.24) is 9.80 Å². The monoisotopic (exact) mass is 360 g/mol. The molecule has 6 heteroatoms. The summed E-state index contributed by atoms with van der Waals surface area (Å²) in [7, 11) is 0. The summed E-state index contributed by atoms with van der Waals surface area (Å²) in [6.45, 7) is 4.21. The first-order valence-corrected chi connectivity index (χ1v) is 9.59. The van der Waals surface area contributed by atoms with Gasteiger partial charge >= 0.3 is 5.97 Å². The standard InChI is InChI=1S/C20H28N2O4/c1-2-26-16-10-8-15(9-11-16)17-7-5-13-22(17)19(23)14-21-12-4-3-6-18(21)20(24)25/h8-11,17-18H,2-7,12-14H2,1H3,(H,24,25). The second kappa shape index (κ2) is 8.54. The number of amides is 1. The maximum absolute atomic E-state index is 12.9. The summed E-state index contributed by atoms with van der Waals surface area (Å²) in [5.41, 5.74) is 1.12. The number of nitrogens with zero attached hydrogens (tertiary/aromatic N) is 2. The van der Waals surface area contributed by atoms with Crippen LogP contribution >= 0.6 is 0 Å². The van der Waals surface area contributed by atoms with Crippen molar-refractivity contribution >= 4 is 11.9 Å². The number of likely N-dealkylation sites (tertiary alicyclic amines) is 2. The first-order valence-electron chi connectivity index (χ1n) is 9.59. The number of hydrogen-bond acceptors (Lipinski definition) is 4. The molecule has 0 spiro atoms. The van der Waals surface area contributed by atoms with Gasteiger partial charge in [0.25, 0.3) is 0 Å². The smallest absolute Gasteiger partial charge is 0.320 e. The minimum atomic E-state index is -0.818. The van der Waals surface area contributed by atoms with Crippen LogP contribution in [0.3, 0.4) is 0 Å². The molecule has 2 fully saturated rings. The zero-order valence-electron chi connectivity index (χ0n) is 15.4. The van der Waals surface area contributed by atoms with E-state index in [0.29, 0.717) is 19.6 Å². The number of carbonyl (C=O) groups is 2. The lowest BCUT2D eigenvalue weighted by Gasteiger charge is -2.34. The van der Waals surface area contributed by atoms with E-state index in [1.807, 2.05) is 41.0 Å². The van der Waals surface area contributed by atoms with E-state index in [0.717, 1.165) is 43.5 Å². The molecule has 3 rings (SSSR count). The molecule has 0 aromatic heterocycles. The number of carboxylic acids is 1. The van der Waals surface area contributed by atoms with Gasteiger partial charge < -0.3 is 14.7 Å². The maximum atomic E-state index is 12.9. The molecule has 1 N–H and O–H groups in total. The van der Waals surface area contributed by atoms with Crippen molar-refractivity contribution in [2.75, 3.05) is 26.2 Å². The summed E-state index contributed by atoms with van der Waals surface area (Å²) in [6, 6.07) is 7.51. The average Bonchev–Trinajstić information content (AvgIpc) is 3.13. The number of benzene rings is 1. The first kappa shape index (κ1) is 18.7. The van der Waals surface area contributed by atoms with Crippen LogP contribution in [-0.2, 0) is 9.59 Å². The molecule has 0 aliphatic carbocycles. The van der Waals surface area contributed by atoms with Gasteiger partial charge in [-0.3, -0.25) is 14.5 Å². The number of rotatable bonds is 6. The zero-order chi connectivity index (χ0) is 18.5. The fraction of sp³-hybridized carbons (Fsp3) is 0.600. The van der Waals surface area contributed by atoms with Gasteiger partial charge in [-0.15, -0.1) is 0 Å². The van der Waals surface area contributed by atoms with Gasteiger partial charge in [-0.2, -0.15) is 0 Å². The molecule has 2 saturated heterocycles. The van der Waals surface area contributed by atoms with Gasteiger partial charge in [0.15, 0.2) is 0 Å². The Morgan fingerprint density at radius 2 is 1.88 bits per heavy atom. The summed E-state index contributed by atoms with van der Waals surface area (Å²) >= 11 is 0. The number of hydrogen-bond donors (Lipinski definition) is 1. The van der Waals surface area contributed by atoms with Crippen LogP contribution < -0.4 is 4.74 Å². The summed E-state index contributed by atoms with van der Waals surface area (Å²) in [6.07, 6.45) is 4.43. The van der Waals surface area contributed by atoms with E-state index in [4.69, 9.17) is 4.74 Å². The van der Waals surface area contributed by atoms with E-state index in [2.05, 4.69) is 0 Å². The van der Waals surface area contributed by atoms with Crippen LogP contribution in [0.2, 0.25) is 0 Å². The average molecular weight is 360 g/mol. The maximum Gasteiger partial charge on any atom is 0.320 e. The molecule has 0 bridgehead atoms. The SMILES string of the molecule is CCOc1ccc(C2CCCN2C(=O)CN2CCCCC2C(=O)O)cc1. The van der Waals surface area contributed by atoms with Gasteiger partial charge in [0.2, 0.25) is 5.91 Å². The number of carbonyl (C=O) groups excluding carboxylic acids is 1. The third-order valence-corrected chi connectivity index (χ3v) is 5.39. The minimum absolute atomic E-state index is 0.0366. The topological polar surface area (TPSA) is 70.1 Å². The Morgan fingerprint density at radius 1 is 1.12 bits per heavy atom. The van der Waals surface area contributed by atoms with Crippen LogP contribution in [0.4, 0.5) is 0 Å². The molecule has 0 saturated carbocycles. The number of piperidine rings is 1. The van der Waals surface area contributed by atoms with Gasteiger partial charge in [0, 0.05) is 6.54 Å². The van der Waals surface area contributed by atoms with Crippen LogP contribution in [0, 0.1) is 0 Å². The van der Waals surface area contributed by atoms with E-state index in [1.54, 1.807) is 0 Å². The van der Waals surface area contributed by atoms with Crippen LogP contribution in [0.15, 0.2) is 24.3 Å². The highest BCUT2D eigenvalue weighted by molar-refractivity contribution is 5.80. The van der Waals surface area contributed by atoms with E-state index in [-0.39, 0.29) is 18.5 Å². The third-order valence-electron chi connectivity index (χ3n) is 5.39. The second-order valence-electron chi connectivity index (χ2n) is 7.07. The molecule has 1 aromatic carbocycles. The minimum Gasteiger partial charge on any atom is -0.494 e. The van der Waals surface area contributed by atoms with Gasteiger partial charge in [-0.05, 0) is 56.8 Å². The molecule has 26 heavy (non-hydrogen) atoms. The highest BCUT2D eigenvalue weighted by Crippen LogP contribution is 2.33. The lowest BCUT2D eigenvalue weighted by atomic mass is 10.0. The normalized spacial score (nSPS) is 23.8. The van der Waals surface area contributed by atoms with E-state index >= 15 is 0 Å². The number of ether oxygens (including phenoxy) is 1. The molecule has 142 valence electrons. The molecule has 2 unspecified atom stereocenters. The van der Waals surface area contributed by atoms with Gasteiger partial charge in [-0.1, -0.05) is 18.6 Å². The molecule has 2 aliphatic heterocycles. The Morgan fingerprint density at radius 3 is 2.58 bits per heavy atom. The first-order chi connectivity index (χ1) is 12.6. The Balaban J connectivity index is 1.67. The van der Waals surface area contributed by atoms with Crippen molar-refractivity contribution in [3.8, 4) is 5.75 Å². The van der Waals surface area contributed by atoms with Crippen molar-refractivity contribution in [2.45, 2.75) is 51.1 Å². The van der Waals surface area contributed by atoms with Gasteiger partial charge in [0.05, 0.1) is 19.2 Å². The Kier molecular flexibility index (Phi) is 6.14. The molecular formula is C20H28N2O4. The van der Waals surface area contributed by atoms with Crippen LogP contribution in [0.25, 0.3) is 0 Å². The second-order valence-corrected chi connectivity index (χ2v) is 7.07. The van der Waals surface area contributed by atoms with E-state index in [1.165, 1.54) is 0 Å². The van der Waals surface area contributed by atoms with Crippen molar-refractivity contribution < 1.29 is 19.4 Å². The Hall–Kier alpha value is -2.08. The van der Waals surface area contributed by atoms with Gasteiger partial charge in [-0.25, -0.2) is 0 Å². The highest BCUT2D eigenvalue weighted by atomic mass is 16.5. The lowest BCUT2D eigenvalue weighted by molar-refractivity contribution is -0.146. The van der Waals surface area contributed by atoms with Crippen molar-refractivity contribution in [3.63, 3.8) is 0 Å². The Bertz CT molecular complexity index is 631. The van der Waals surface area contributed by atoms with Crippen molar-refractivity contribution in [1.29, 1.82) is 0 Å². The van der Waals surface area contributed by atoms with Crippen LogP contribution in [0.5, 0.6) is 5.75 Å². The molecule has 2 heterocycles. The highest BCUT2D eigenvalue weighted by Gasteiger charge is 2.34. The molecule has 1 amide bonds. The number of aliphatic carboxylic acids is 1. The fourth-order valence-corrected chi connectivity index (χ4v) is 4.09. The quantitative estimate of drug-likeness (QED) is 0.845. The predicted molar refractivity (Wildman–Crippen MR) is 98.1 cm³/mol. The Labute approximate surface area is 154 Å². The van der Waals surface area contributed by atoms with E-state index in [9.17, 15) is 14.7 Å². The van der Waals surface area contributed by atoms with Crippen molar-refractivity contribution in [2.24, 2.45) is 0 Å². The molecule has 6 nitrogen and oxygen atoms in total. The van der Waals surface area contributed by atoms with Gasteiger partial charge in [0.1, 0.15) is 11.8 Å². The molecule has 2 aliphatic rings.